The number of amides is 3. The van der Waals surface area contributed by atoms with Crippen molar-refractivity contribution in [2.75, 3.05) is 45.9 Å². The number of nitrogens with one attached hydrogen (secondary N) is 2. The molecule has 0 aromatic heterocycles. The highest BCUT2D eigenvalue weighted by atomic mass is 32.2. The summed E-state index contributed by atoms with van der Waals surface area (Å²) >= 11 is 1.92. The number of carbonyl (C=O) groups is 2. The van der Waals surface area contributed by atoms with Crippen molar-refractivity contribution in [3.05, 3.63) is 77.9 Å². The number of hydrogen-bond acceptors (Lipinski definition) is 7. The first-order valence-corrected chi connectivity index (χ1v) is 14.0. The molecule has 2 aliphatic heterocycles. The number of nitrogens with zero attached hydrogens (tertiary/aromatic N) is 2. The van der Waals surface area contributed by atoms with E-state index in [1.807, 2.05) is 23.9 Å². The molecule has 11 heteroatoms. The summed E-state index contributed by atoms with van der Waals surface area (Å²) in [6, 6.07) is 17.6. The topological polar surface area (TPSA) is 125 Å². The van der Waals surface area contributed by atoms with Crippen LogP contribution in [0.1, 0.15) is 15.9 Å². The molecule has 3 amide bonds. The number of nitrogen functional groups attached to an aromatic ring is 1. The zero-order valence-electron chi connectivity index (χ0n) is 19.3. The summed E-state index contributed by atoms with van der Waals surface area (Å²) < 4.78 is 26.7. The largest absolute Gasteiger partial charge is 0.397 e. The SMILES string of the molecule is Nc1ccc(N2CCSCC2)cc1NC(=O)c1ccc(CN2C(=O)Nc3ccccc3S2(=O)=O)cc1. The normalized spacial score (nSPS) is 16.7. The van der Waals surface area contributed by atoms with E-state index in [9.17, 15) is 18.0 Å². The quantitative estimate of drug-likeness (QED) is 0.434. The average Bonchev–Trinajstić information content (AvgIpc) is 2.89. The minimum atomic E-state index is -3.99. The second kappa shape index (κ2) is 9.75. The first-order chi connectivity index (χ1) is 17.3. The third-order valence-corrected chi connectivity index (χ3v) is 8.86. The van der Waals surface area contributed by atoms with E-state index in [4.69, 9.17) is 5.73 Å². The van der Waals surface area contributed by atoms with Crippen molar-refractivity contribution in [1.82, 2.24) is 4.31 Å². The molecule has 3 aromatic carbocycles. The summed E-state index contributed by atoms with van der Waals surface area (Å²) in [5.41, 5.74) is 9.33. The van der Waals surface area contributed by atoms with Crippen molar-refractivity contribution < 1.29 is 18.0 Å². The van der Waals surface area contributed by atoms with Gasteiger partial charge in [-0.05, 0) is 48.0 Å². The molecule has 186 valence electrons. The Kier molecular flexibility index (Phi) is 6.50. The van der Waals surface area contributed by atoms with Gasteiger partial charge in [-0.2, -0.15) is 11.8 Å². The van der Waals surface area contributed by atoms with Gasteiger partial charge in [0.1, 0.15) is 4.90 Å². The van der Waals surface area contributed by atoms with Crippen LogP contribution in [0.2, 0.25) is 0 Å². The van der Waals surface area contributed by atoms with Gasteiger partial charge in [-0.1, -0.05) is 24.3 Å². The Morgan fingerprint density at radius 3 is 2.50 bits per heavy atom. The fourth-order valence-electron chi connectivity index (χ4n) is 4.15. The number of fused-ring (bicyclic) bond motifs is 1. The first kappa shape index (κ1) is 24.0. The Morgan fingerprint density at radius 1 is 1.03 bits per heavy atom. The average molecular weight is 524 g/mol. The maximum atomic E-state index is 13.0. The molecule has 0 radical (unpaired) electrons. The van der Waals surface area contributed by atoms with Crippen LogP contribution < -0.4 is 21.3 Å². The van der Waals surface area contributed by atoms with E-state index in [1.165, 1.54) is 6.07 Å². The van der Waals surface area contributed by atoms with E-state index in [0.717, 1.165) is 34.6 Å². The summed E-state index contributed by atoms with van der Waals surface area (Å²) in [6.07, 6.45) is 0. The predicted octanol–water partition coefficient (Wildman–Crippen LogP) is 3.81. The fourth-order valence-corrected chi connectivity index (χ4v) is 6.52. The third kappa shape index (κ3) is 4.71. The van der Waals surface area contributed by atoms with Gasteiger partial charge in [-0.25, -0.2) is 17.5 Å². The summed E-state index contributed by atoms with van der Waals surface area (Å²) in [5.74, 6) is 1.79. The van der Waals surface area contributed by atoms with Crippen molar-refractivity contribution in [2.24, 2.45) is 0 Å². The van der Waals surface area contributed by atoms with Gasteiger partial charge >= 0.3 is 6.03 Å². The standard InChI is InChI=1S/C25H25N5O4S2/c26-20-10-9-19(29-11-13-35-14-12-29)15-22(20)27-24(31)18-7-5-17(6-8-18)16-30-25(32)28-21-3-1-2-4-23(21)36(30,33)34/h1-10,15H,11-14,16,26H2,(H,27,31)(H,28,32). The van der Waals surface area contributed by atoms with E-state index in [2.05, 4.69) is 15.5 Å². The number of hydrogen-bond donors (Lipinski definition) is 3. The Bertz CT molecular complexity index is 1420. The van der Waals surface area contributed by atoms with Crippen LogP contribution in [-0.4, -0.2) is 49.3 Å². The predicted molar refractivity (Wildman–Crippen MR) is 143 cm³/mol. The molecule has 5 rings (SSSR count). The molecule has 2 aliphatic rings. The lowest BCUT2D eigenvalue weighted by atomic mass is 10.1. The molecule has 0 saturated carbocycles. The minimum Gasteiger partial charge on any atom is -0.397 e. The minimum absolute atomic E-state index is 0.0451. The molecule has 0 bridgehead atoms. The van der Waals surface area contributed by atoms with Crippen LogP contribution >= 0.6 is 11.8 Å². The Balaban J connectivity index is 1.29. The van der Waals surface area contributed by atoms with Gasteiger partial charge < -0.3 is 21.3 Å². The number of urea groups is 1. The van der Waals surface area contributed by atoms with Crippen LogP contribution in [0.3, 0.4) is 0 Å². The molecule has 1 saturated heterocycles. The summed E-state index contributed by atoms with van der Waals surface area (Å²) in [5, 5.41) is 5.48. The second-order valence-electron chi connectivity index (χ2n) is 8.46. The molecule has 0 aliphatic carbocycles. The number of rotatable bonds is 5. The molecular weight excluding hydrogens is 498 g/mol. The maximum absolute atomic E-state index is 13.0. The maximum Gasteiger partial charge on any atom is 0.336 e. The second-order valence-corrected chi connectivity index (χ2v) is 11.5. The Hall–Kier alpha value is -3.70. The summed E-state index contributed by atoms with van der Waals surface area (Å²) in [6.45, 7) is 1.73. The van der Waals surface area contributed by atoms with Gasteiger partial charge in [0.25, 0.3) is 15.9 Å². The van der Waals surface area contributed by atoms with Gasteiger partial charge in [0, 0.05) is 35.8 Å². The van der Waals surface area contributed by atoms with E-state index in [-0.39, 0.29) is 23.0 Å². The van der Waals surface area contributed by atoms with Crippen molar-refractivity contribution in [2.45, 2.75) is 11.4 Å². The van der Waals surface area contributed by atoms with Crippen LogP contribution in [-0.2, 0) is 16.6 Å². The number of thioether (sulfide) groups is 1. The van der Waals surface area contributed by atoms with Gasteiger partial charge in [-0.3, -0.25) is 4.79 Å². The lowest BCUT2D eigenvalue weighted by molar-refractivity contribution is 0.102. The van der Waals surface area contributed by atoms with Gasteiger partial charge in [-0.15, -0.1) is 0 Å². The van der Waals surface area contributed by atoms with Crippen LogP contribution in [0.5, 0.6) is 0 Å². The Labute approximate surface area is 213 Å². The molecule has 0 atom stereocenters. The van der Waals surface area contributed by atoms with Crippen LogP contribution in [0.25, 0.3) is 0 Å². The number of para-hydroxylation sites is 1. The summed E-state index contributed by atoms with van der Waals surface area (Å²) in [4.78, 5) is 27.7. The van der Waals surface area contributed by atoms with Crippen molar-refractivity contribution in [1.29, 1.82) is 0 Å². The number of nitrogens with two attached hydrogens (primary N) is 1. The highest BCUT2D eigenvalue weighted by molar-refractivity contribution is 7.99. The number of carbonyl (C=O) groups excluding carboxylic acids is 2. The first-order valence-electron chi connectivity index (χ1n) is 11.4. The van der Waals surface area contributed by atoms with Crippen molar-refractivity contribution >= 4 is 56.5 Å². The zero-order valence-corrected chi connectivity index (χ0v) is 20.9. The monoisotopic (exact) mass is 523 g/mol. The number of benzene rings is 3. The molecular formula is C25H25N5O4S2. The fraction of sp³-hybridized carbons (Fsp3) is 0.200. The number of sulfonamides is 1. The molecule has 9 nitrogen and oxygen atoms in total. The molecule has 2 heterocycles. The van der Waals surface area contributed by atoms with Gasteiger partial charge in [0.15, 0.2) is 0 Å². The molecule has 0 spiro atoms. The Morgan fingerprint density at radius 2 is 1.75 bits per heavy atom. The lowest BCUT2D eigenvalue weighted by Gasteiger charge is -2.29. The molecule has 1 fully saturated rings. The molecule has 4 N–H and O–H groups in total. The smallest absolute Gasteiger partial charge is 0.336 e. The van der Waals surface area contributed by atoms with E-state index < -0.39 is 16.1 Å². The zero-order chi connectivity index (χ0) is 25.3. The number of anilines is 4. The van der Waals surface area contributed by atoms with Crippen LogP contribution in [0.4, 0.5) is 27.5 Å². The van der Waals surface area contributed by atoms with Crippen molar-refractivity contribution in [3.8, 4) is 0 Å². The van der Waals surface area contributed by atoms with Crippen molar-refractivity contribution in [3.63, 3.8) is 0 Å². The van der Waals surface area contributed by atoms with E-state index >= 15 is 0 Å². The highest BCUT2D eigenvalue weighted by Crippen LogP contribution is 2.31. The van der Waals surface area contributed by atoms with Gasteiger partial charge in [0.05, 0.1) is 23.6 Å². The molecule has 3 aromatic rings. The summed E-state index contributed by atoms with van der Waals surface area (Å²) in [7, 11) is -3.99. The molecule has 36 heavy (non-hydrogen) atoms. The van der Waals surface area contributed by atoms with Gasteiger partial charge in [0.2, 0.25) is 0 Å². The van der Waals surface area contributed by atoms with E-state index in [1.54, 1.807) is 48.5 Å². The highest BCUT2D eigenvalue weighted by Gasteiger charge is 2.36. The third-order valence-electron chi connectivity index (χ3n) is 6.13. The lowest BCUT2D eigenvalue weighted by Crippen LogP contribution is -2.43. The van der Waals surface area contributed by atoms with Crippen LogP contribution in [0, 0.1) is 0 Å². The molecule has 0 unspecified atom stereocenters. The van der Waals surface area contributed by atoms with Crippen LogP contribution in [0.15, 0.2) is 71.6 Å². The van der Waals surface area contributed by atoms with E-state index in [0.29, 0.717) is 22.5 Å².